The molecule has 0 aromatic carbocycles. The quantitative estimate of drug-likeness (QED) is 0.0204. The van der Waals surface area contributed by atoms with Gasteiger partial charge in [-0.1, -0.05) is 242 Å². The van der Waals surface area contributed by atoms with Gasteiger partial charge in [-0.3, -0.25) is 4.79 Å². The Morgan fingerprint density at radius 1 is 0.474 bits per heavy atom. The standard InChI is InChI=1S/C64H115NO13/c1-3-5-7-9-11-12-13-14-15-16-17-18-19-20-21-22-23-24-25-26-27-28-29-30-31-32-33-34-35-36-37-38-39-40-42-44-46-48-56(69)65-52(53(68)47-45-43-41-10-8-6-4-2)51-75-63-61(74)59(72)62(55(50-67)77-63)78-64-60(73)58(71)57(70)54(49-66)76-64/h5,7,11-12,14-15,17-18,20-21,52-55,57-64,66-68,70-74H,3-4,6,8-10,13,16,19,22-51H2,1-2H3,(H,65,69)/b7-5-,12-11-,15-14-,18-17-,21-20-. The molecule has 12 unspecified atom stereocenters. The smallest absolute Gasteiger partial charge is 0.220 e. The molecule has 2 saturated heterocycles. The Morgan fingerprint density at radius 3 is 1.36 bits per heavy atom. The lowest BCUT2D eigenvalue weighted by Crippen LogP contribution is -2.65. The zero-order valence-electron chi connectivity index (χ0n) is 48.9. The maximum atomic E-state index is 13.2. The van der Waals surface area contributed by atoms with E-state index in [1.807, 2.05) is 0 Å². The summed E-state index contributed by atoms with van der Waals surface area (Å²) in [5.74, 6) is -0.209. The summed E-state index contributed by atoms with van der Waals surface area (Å²) in [4.78, 5) is 13.2. The summed E-state index contributed by atoms with van der Waals surface area (Å²) < 4.78 is 22.7. The van der Waals surface area contributed by atoms with Gasteiger partial charge in [0.1, 0.15) is 48.8 Å². The summed E-state index contributed by atoms with van der Waals surface area (Å²) in [5, 5.41) is 86.8. The van der Waals surface area contributed by atoms with Crippen LogP contribution in [0.3, 0.4) is 0 Å². The van der Waals surface area contributed by atoms with Gasteiger partial charge in [0, 0.05) is 6.42 Å². The molecule has 454 valence electrons. The van der Waals surface area contributed by atoms with Gasteiger partial charge in [-0.05, 0) is 57.8 Å². The predicted octanol–water partition coefficient (Wildman–Crippen LogP) is 11.3. The average Bonchev–Trinajstić information content (AvgIpc) is 3.47. The minimum atomic E-state index is -1.78. The molecular weight excluding hydrogens is 991 g/mol. The molecule has 0 bridgehead atoms. The fourth-order valence-electron chi connectivity index (χ4n) is 10.2. The van der Waals surface area contributed by atoms with Gasteiger partial charge in [0.25, 0.3) is 0 Å². The van der Waals surface area contributed by atoms with Crippen molar-refractivity contribution in [2.45, 2.75) is 319 Å². The molecule has 0 aromatic heterocycles. The van der Waals surface area contributed by atoms with Crippen LogP contribution in [-0.4, -0.2) is 140 Å². The minimum absolute atomic E-state index is 0.209. The summed E-state index contributed by atoms with van der Waals surface area (Å²) in [5.41, 5.74) is 0. The fourth-order valence-corrected chi connectivity index (χ4v) is 10.2. The molecule has 2 aliphatic rings. The van der Waals surface area contributed by atoms with Gasteiger partial charge in [-0.15, -0.1) is 0 Å². The molecule has 78 heavy (non-hydrogen) atoms. The minimum Gasteiger partial charge on any atom is -0.394 e. The number of hydrogen-bond donors (Lipinski definition) is 9. The van der Waals surface area contributed by atoms with Gasteiger partial charge in [0.2, 0.25) is 5.91 Å². The highest BCUT2D eigenvalue weighted by Crippen LogP contribution is 2.30. The van der Waals surface area contributed by atoms with Crippen LogP contribution in [0.25, 0.3) is 0 Å². The largest absolute Gasteiger partial charge is 0.394 e. The average molecular weight is 1110 g/mol. The van der Waals surface area contributed by atoms with Gasteiger partial charge in [-0.25, -0.2) is 0 Å². The van der Waals surface area contributed by atoms with Crippen molar-refractivity contribution in [2.24, 2.45) is 0 Å². The Hall–Kier alpha value is -2.31. The van der Waals surface area contributed by atoms with Crippen LogP contribution in [0, 0.1) is 0 Å². The van der Waals surface area contributed by atoms with Crippen LogP contribution in [0.4, 0.5) is 0 Å². The van der Waals surface area contributed by atoms with Crippen molar-refractivity contribution in [3.8, 4) is 0 Å². The monoisotopic (exact) mass is 1110 g/mol. The number of aliphatic hydroxyl groups excluding tert-OH is 8. The van der Waals surface area contributed by atoms with E-state index >= 15 is 0 Å². The molecule has 0 radical (unpaired) electrons. The van der Waals surface area contributed by atoms with Crippen molar-refractivity contribution in [1.29, 1.82) is 0 Å². The number of nitrogens with one attached hydrogen (secondary N) is 1. The molecule has 0 aromatic rings. The number of unbranched alkanes of at least 4 members (excludes halogenated alkanes) is 27. The molecule has 2 rings (SSSR count). The van der Waals surface area contributed by atoms with Crippen LogP contribution < -0.4 is 5.32 Å². The van der Waals surface area contributed by atoms with Crippen molar-refractivity contribution < 1.29 is 64.6 Å². The predicted molar refractivity (Wildman–Crippen MR) is 314 cm³/mol. The van der Waals surface area contributed by atoms with E-state index in [1.54, 1.807) is 0 Å². The number of hydrogen-bond acceptors (Lipinski definition) is 13. The van der Waals surface area contributed by atoms with E-state index in [1.165, 1.54) is 135 Å². The molecule has 2 fully saturated rings. The Kier molecular flexibility index (Phi) is 45.4. The molecule has 0 saturated carbocycles. The van der Waals surface area contributed by atoms with Crippen molar-refractivity contribution in [3.63, 3.8) is 0 Å². The highest BCUT2D eigenvalue weighted by atomic mass is 16.7. The number of carbonyl (C=O) groups is 1. The molecule has 2 heterocycles. The maximum Gasteiger partial charge on any atom is 0.220 e. The summed E-state index contributed by atoms with van der Waals surface area (Å²) in [6.45, 7) is 2.69. The summed E-state index contributed by atoms with van der Waals surface area (Å²) in [6, 6.07) is -0.825. The van der Waals surface area contributed by atoms with Crippen LogP contribution in [0.15, 0.2) is 60.8 Å². The second kappa shape index (κ2) is 49.3. The number of amides is 1. The van der Waals surface area contributed by atoms with Crippen LogP contribution in [0.5, 0.6) is 0 Å². The molecule has 14 heteroatoms. The van der Waals surface area contributed by atoms with E-state index < -0.39 is 86.8 Å². The first-order valence-corrected chi connectivity index (χ1v) is 31.5. The molecule has 14 nitrogen and oxygen atoms in total. The maximum absolute atomic E-state index is 13.2. The molecule has 12 atom stereocenters. The number of carbonyl (C=O) groups excluding carboxylic acids is 1. The first kappa shape index (κ1) is 71.8. The van der Waals surface area contributed by atoms with Crippen LogP contribution in [0.1, 0.15) is 245 Å². The Morgan fingerprint density at radius 2 is 0.885 bits per heavy atom. The number of rotatable bonds is 50. The van der Waals surface area contributed by atoms with E-state index in [9.17, 15) is 45.6 Å². The van der Waals surface area contributed by atoms with E-state index in [0.29, 0.717) is 12.8 Å². The van der Waals surface area contributed by atoms with E-state index in [-0.39, 0.29) is 12.5 Å². The molecule has 0 spiro atoms. The first-order chi connectivity index (χ1) is 38.1. The lowest BCUT2D eigenvalue weighted by Gasteiger charge is -2.46. The SMILES string of the molecule is CC/C=C\C/C=C\C/C=C\C/C=C\C/C=C\CCCCCCCCCCCCCCCCCCCCCCCC(=O)NC(COC1OC(CO)C(OC2OC(CO)C(O)C(O)C2O)C(O)C1O)C(O)CCCCCCCCC. The number of ether oxygens (including phenoxy) is 4. The van der Waals surface area contributed by atoms with E-state index in [0.717, 1.165) is 83.5 Å². The third-order valence-corrected chi connectivity index (χ3v) is 15.2. The topological polar surface area (TPSA) is 228 Å². The highest BCUT2D eigenvalue weighted by molar-refractivity contribution is 5.76. The second-order valence-electron chi connectivity index (χ2n) is 22.2. The third kappa shape index (κ3) is 34.2. The molecular formula is C64H115NO13. The van der Waals surface area contributed by atoms with E-state index in [4.69, 9.17) is 18.9 Å². The van der Waals surface area contributed by atoms with Gasteiger partial charge in [0.15, 0.2) is 12.6 Å². The zero-order chi connectivity index (χ0) is 56.7. The Bertz CT molecular complexity index is 1540. The normalized spacial score (nSPS) is 24.9. The van der Waals surface area contributed by atoms with Crippen molar-refractivity contribution in [3.05, 3.63) is 60.8 Å². The molecule has 0 aliphatic carbocycles. The lowest BCUT2D eigenvalue weighted by molar-refractivity contribution is -0.359. The Balaban J connectivity index is 1.52. The number of aliphatic hydroxyl groups is 8. The van der Waals surface area contributed by atoms with Crippen molar-refractivity contribution in [1.82, 2.24) is 5.32 Å². The molecule has 2 aliphatic heterocycles. The van der Waals surface area contributed by atoms with Gasteiger partial charge in [0.05, 0.1) is 32.0 Å². The lowest BCUT2D eigenvalue weighted by atomic mass is 9.97. The zero-order valence-corrected chi connectivity index (χ0v) is 48.9. The third-order valence-electron chi connectivity index (χ3n) is 15.2. The fraction of sp³-hybridized carbons (Fsp3) is 0.828. The summed E-state index contributed by atoms with van der Waals surface area (Å²) in [6.07, 6.45) is 47.2. The van der Waals surface area contributed by atoms with Gasteiger partial charge in [-0.2, -0.15) is 0 Å². The summed E-state index contributed by atoms with van der Waals surface area (Å²) >= 11 is 0. The van der Waals surface area contributed by atoms with Gasteiger partial charge < -0.3 is 65.1 Å². The Labute approximate surface area is 473 Å². The van der Waals surface area contributed by atoms with Gasteiger partial charge >= 0.3 is 0 Å². The number of allylic oxidation sites excluding steroid dienone is 10. The van der Waals surface area contributed by atoms with E-state index in [2.05, 4.69) is 79.9 Å². The van der Waals surface area contributed by atoms with Crippen molar-refractivity contribution in [2.75, 3.05) is 19.8 Å². The van der Waals surface area contributed by atoms with Crippen LogP contribution in [0.2, 0.25) is 0 Å². The van der Waals surface area contributed by atoms with Crippen LogP contribution >= 0.6 is 0 Å². The van der Waals surface area contributed by atoms with Crippen LogP contribution in [-0.2, 0) is 23.7 Å². The highest BCUT2D eigenvalue weighted by Gasteiger charge is 2.51. The molecule has 9 N–H and O–H groups in total. The summed E-state index contributed by atoms with van der Waals surface area (Å²) in [7, 11) is 0. The van der Waals surface area contributed by atoms with Crippen molar-refractivity contribution >= 4 is 5.91 Å². The first-order valence-electron chi connectivity index (χ1n) is 31.5. The molecule has 1 amide bonds. The second-order valence-corrected chi connectivity index (χ2v) is 22.2.